The molecule has 0 heterocycles. The lowest BCUT2D eigenvalue weighted by Crippen LogP contribution is -2.23. The van der Waals surface area contributed by atoms with Gasteiger partial charge < -0.3 is 5.32 Å². The minimum atomic E-state index is -4.25. The summed E-state index contributed by atoms with van der Waals surface area (Å²) in [6, 6.07) is 5.46. The van der Waals surface area contributed by atoms with Gasteiger partial charge in [-0.3, -0.25) is 0 Å². The molecule has 2 atom stereocenters. The molecule has 0 aliphatic rings. The molecule has 0 saturated heterocycles. The molecule has 18 heavy (non-hydrogen) atoms. The van der Waals surface area contributed by atoms with Crippen LogP contribution in [0, 0.1) is 11.8 Å². The van der Waals surface area contributed by atoms with Crippen molar-refractivity contribution in [1.29, 1.82) is 0 Å². The number of hydrogen-bond donors (Lipinski definition) is 1. The quantitative estimate of drug-likeness (QED) is 0.849. The first-order chi connectivity index (χ1) is 8.34. The van der Waals surface area contributed by atoms with Crippen LogP contribution in [0.5, 0.6) is 0 Å². The number of rotatable bonds is 5. The van der Waals surface area contributed by atoms with Crippen molar-refractivity contribution < 1.29 is 13.2 Å². The Labute approximate surface area is 106 Å². The Bertz CT molecular complexity index is 356. The van der Waals surface area contributed by atoms with Gasteiger partial charge in [0.2, 0.25) is 0 Å². The van der Waals surface area contributed by atoms with Crippen LogP contribution >= 0.6 is 0 Å². The summed E-state index contributed by atoms with van der Waals surface area (Å²) < 4.78 is 37.2. The fraction of sp³-hybridized carbons (Fsp3) is 0.571. The van der Waals surface area contributed by atoms with Gasteiger partial charge in [0.25, 0.3) is 0 Å². The lowest BCUT2D eigenvalue weighted by molar-refractivity contribution is -0.137. The van der Waals surface area contributed by atoms with Crippen LogP contribution in [0.2, 0.25) is 0 Å². The van der Waals surface area contributed by atoms with E-state index in [1.54, 1.807) is 12.1 Å². The topological polar surface area (TPSA) is 12.0 Å². The van der Waals surface area contributed by atoms with Crippen molar-refractivity contribution in [3.05, 3.63) is 35.4 Å². The summed E-state index contributed by atoms with van der Waals surface area (Å²) in [5.74, 6) is 0.937. The summed E-state index contributed by atoms with van der Waals surface area (Å²) in [6.07, 6.45) is -3.44. The van der Waals surface area contributed by atoms with Crippen LogP contribution in [0.25, 0.3) is 0 Å². The van der Waals surface area contributed by atoms with Crippen LogP contribution in [-0.4, -0.2) is 13.6 Å². The maximum atomic E-state index is 12.4. The van der Waals surface area contributed by atoms with E-state index in [9.17, 15) is 13.2 Å². The average Bonchev–Trinajstić information content (AvgIpc) is 2.28. The Morgan fingerprint density at radius 3 is 2.06 bits per heavy atom. The first-order valence-electron chi connectivity index (χ1n) is 6.15. The van der Waals surface area contributed by atoms with E-state index in [1.165, 1.54) is 0 Å². The van der Waals surface area contributed by atoms with Crippen molar-refractivity contribution in [2.24, 2.45) is 11.8 Å². The predicted octanol–water partition coefficient (Wildman–Crippen LogP) is 3.74. The van der Waals surface area contributed by atoms with E-state index in [0.29, 0.717) is 11.8 Å². The third kappa shape index (κ3) is 4.33. The zero-order valence-corrected chi connectivity index (χ0v) is 11.0. The van der Waals surface area contributed by atoms with Gasteiger partial charge in [-0.2, -0.15) is 13.2 Å². The first-order valence-corrected chi connectivity index (χ1v) is 6.15. The number of halogens is 3. The van der Waals surface area contributed by atoms with Gasteiger partial charge in [-0.25, -0.2) is 0 Å². The maximum absolute atomic E-state index is 12.4. The van der Waals surface area contributed by atoms with Crippen molar-refractivity contribution in [2.75, 3.05) is 13.6 Å². The van der Waals surface area contributed by atoms with Gasteiger partial charge in [0.1, 0.15) is 0 Å². The molecule has 102 valence electrons. The number of alkyl halides is 3. The molecule has 0 amide bonds. The smallest absolute Gasteiger partial charge is 0.319 e. The largest absolute Gasteiger partial charge is 0.416 e. The lowest BCUT2D eigenvalue weighted by atomic mass is 9.89. The molecule has 1 aromatic rings. The molecule has 0 saturated carbocycles. The molecule has 0 spiro atoms. The zero-order valence-electron chi connectivity index (χ0n) is 11.0. The van der Waals surface area contributed by atoms with E-state index in [2.05, 4.69) is 19.2 Å². The Morgan fingerprint density at radius 1 is 1.06 bits per heavy atom. The van der Waals surface area contributed by atoms with Crippen LogP contribution in [0.4, 0.5) is 13.2 Å². The summed E-state index contributed by atoms with van der Waals surface area (Å²) in [5.41, 5.74) is 0.376. The summed E-state index contributed by atoms with van der Waals surface area (Å²) in [5, 5.41) is 3.11. The molecule has 1 N–H and O–H groups in total. The van der Waals surface area contributed by atoms with E-state index in [0.717, 1.165) is 30.7 Å². The Kier molecular flexibility index (Phi) is 5.20. The molecule has 0 bridgehead atoms. The SMILES string of the molecule is CNCC(C)C(C)Cc1ccc(C(F)(F)F)cc1. The summed E-state index contributed by atoms with van der Waals surface area (Å²) in [4.78, 5) is 0. The highest BCUT2D eigenvalue weighted by atomic mass is 19.4. The molecule has 1 nitrogen and oxygen atoms in total. The van der Waals surface area contributed by atoms with Gasteiger partial charge in [-0.15, -0.1) is 0 Å². The molecule has 1 aromatic carbocycles. The van der Waals surface area contributed by atoms with E-state index in [4.69, 9.17) is 0 Å². The van der Waals surface area contributed by atoms with Gasteiger partial charge in [-0.1, -0.05) is 26.0 Å². The monoisotopic (exact) mass is 259 g/mol. The van der Waals surface area contributed by atoms with E-state index in [1.807, 2.05) is 7.05 Å². The Balaban J connectivity index is 2.64. The van der Waals surface area contributed by atoms with Crippen molar-refractivity contribution in [2.45, 2.75) is 26.4 Å². The Hall–Kier alpha value is -1.03. The zero-order chi connectivity index (χ0) is 13.8. The maximum Gasteiger partial charge on any atom is 0.416 e. The van der Waals surface area contributed by atoms with Crippen LogP contribution in [-0.2, 0) is 12.6 Å². The molecular formula is C14H20F3N. The van der Waals surface area contributed by atoms with Gasteiger partial charge in [0, 0.05) is 0 Å². The molecule has 0 aromatic heterocycles. The van der Waals surface area contributed by atoms with E-state index >= 15 is 0 Å². The molecule has 0 radical (unpaired) electrons. The fourth-order valence-electron chi connectivity index (χ4n) is 1.93. The number of nitrogens with one attached hydrogen (secondary N) is 1. The van der Waals surface area contributed by atoms with Crippen LogP contribution in [0.15, 0.2) is 24.3 Å². The molecular weight excluding hydrogens is 239 g/mol. The second kappa shape index (κ2) is 6.23. The highest BCUT2D eigenvalue weighted by molar-refractivity contribution is 5.24. The van der Waals surface area contributed by atoms with Crippen molar-refractivity contribution in [3.8, 4) is 0 Å². The number of benzene rings is 1. The third-order valence-corrected chi connectivity index (χ3v) is 3.34. The van der Waals surface area contributed by atoms with Crippen LogP contribution in [0.1, 0.15) is 25.0 Å². The first kappa shape index (κ1) is 15.0. The molecule has 0 aliphatic heterocycles. The fourth-order valence-corrected chi connectivity index (χ4v) is 1.93. The molecule has 0 fully saturated rings. The average molecular weight is 259 g/mol. The normalized spacial score (nSPS) is 15.4. The second-order valence-corrected chi connectivity index (χ2v) is 4.91. The summed E-state index contributed by atoms with van der Waals surface area (Å²) in [6.45, 7) is 5.19. The molecule has 4 heteroatoms. The lowest BCUT2D eigenvalue weighted by Gasteiger charge is -2.19. The van der Waals surface area contributed by atoms with Crippen LogP contribution in [0.3, 0.4) is 0 Å². The van der Waals surface area contributed by atoms with E-state index in [-0.39, 0.29) is 0 Å². The van der Waals surface area contributed by atoms with Crippen molar-refractivity contribution in [1.82, 2.24) is 5.32 Å². The summed E-state index contributed by atoms with van der Waals surface area (Å²) >= 11 is 0. The molecule has 0 aliphatic carbocycles. The van der Waals surface area contributed by atoms with Crippen molar-refractivity contribution in [3.63, 3.8) is 0 Å². The third-order valence-electron chi connectivity index (χ3n) is 3.34. The highest BCUT2D eigenvalue weighted by Crippen LogP contribution is 2.29. The van der Waals surface area contributed by atoms with Crippen molar-refractivity contribution >= 4 is 0 Å². The van der Waals surface area contributed by atoms with Gasteiger partial charge in [0.05, 0.1) is 5.56 Å². The highest BCUT2D eigenvalue weighted by Gasteiger charge is 2.29. The minimum absolute atomic E-state index is 0.439. The molecule has 1 rings (SSSR count). The minimum Gasteiger partial charge on any atom is -0.319 e. The van der Waals surface area contributed by atoms with Crippen LogP contribution < -0.4 is 5.32 Å². The van der Waals surface area contributed by atoms with E-state index < -0.39 is 11.7 Å². The second-order valence-electron chi connectivity index (χ2n) is 4.91. The van der Waals surface area contributed by atoms with Gasteiger partial charge in [-0.05, 0) is 49.5 Å². The van der Waals surface area contributed by atoms with Gasteiger partial charge in [0.15, 0.2) is 0 Å². The number of hydrogen-bond acceptors (Lipinski definition) is 1. The molecule has 2 unspecified atom stereocenters. The Morgan fingerprint density at radius 2 is 1.61 bits per heavy atom. The summed E-state index contributed by atoms with van der Waals surface area (Å²) in [7, 11) is 1.90. The standard InChI is InChI=1S/C14H20F3N/c1-10(11(2)9-18-3)8-12-4-6-13(7-5-12)14(15,16)17/h4-7,10-11,18H,8-9H2,1-3H3. The van der Waals surface area contributed by atoms with Gasteiger partial charge >= 0.3 is 6.18 Å². The predicted molar refractivity (Wildman–Crippen MR) is 67.4 cm³/mol.